The number of rotatable bonds is 11. The zero-order valence-corrected chi connectivity index (χ0v) is 20.2. The van der Waals surface area contributed by atoms with Crippen molar-refractivity contribution in [1.29, 1.82) is 0 Å². The van der Waals surface area contributed by atoms with Gasteiger partial charge in [0.2, 0.25) is 11.8 Å². The molecule has 1 aliphatic rings. The van der Waals surface area contributed by atoms with Crippen LogP contribution >= 0.6 is 0 Å². The molecule has 0 spiro atoms. The lowest BCUT2D eigenvalue weighted by Gasteiger charge is -2.31. The number of amides is 4. The van der Waals surface area contributed by atoms with Crippen molar-refractivity contribution in [3.8, 4) is 0 Å². The monoisotopic (exact) mass is 463 g/mol. The van der Waals surface area contributed by atoms with Crippen LogP contribution in [0.5, 0.6) is 0 Å². The predicted molar refractivity (Wildman–Crippen MR) is 130 cm³/mol. The summed E-state index contributed by atoms with van der Waals surface area (Å²) < 4.78 is 0. The van der Waals surface area contributed by atoms with Crippen molar-refractivity contribution in [2.75, 3.05) is 13.1 Å². The summed E-state index contributed by atoms with van der Waals surface area (Å²) in [6.45, 7) is 6.91. The van der Waals surface area contributed by atoms with Crippen molar-refractivity contribution < 1.29 is 19.2 Å². The van der Waals surface area contributed by atoms with Crippen molar-refractivity contribution in [3.63, 3.8) is 0 Å². The van der Waals surface area contributed by atoms with E-state index in [1.807, 2.05) is 45.0 Å². The molecule has 2 aromatic rings. The minimum Gasteiger partial charge on any atom is -0.354 e. The van der Waals surface area contributed by atoms with Crippen molar-refractivity contribution in [2.24, 2.45) is 0 Å². The van der Waals surface area contributed by atoms with Crippen LogP contribution in [0.3, 0.4) is 0 Å². The standard InChI is InChI=1S/C27H33N3O4/c1-4-15-28-25(32)23(5-2)30(18-20-11-8-10-19(3)17-20)24(31)14-9-16-29-26(33)21-12-6-7-13-22(21)27(29)34/h6-8,10-13,17,23H,4-5,9,14-16,18H2,1-3H3,(H,28,32)/t23-/m0/s1. The van der Waals surface area contributed by atoms with E-state index in [0.29, 0.717) is 37.1 Å². The number of nitrogens with zero attached hydrogens (tertiary/aromatic N) is 2. The summed E-state index contributed by atoms with van der Waals surface area (Å²) in [7, 11) is 0. The number of hydrogen-bond donors (Lipinski definition) is 1. The molecule has 180 valence electrons. The van der Waals surface area contributed by atoms with Crippen LogP contribution in [-0.4, -0.2) is 52.6 Å². The highest BCUT2D eigenvalue weighted by Gasteiger charge is 2.35. The Kier molecular flexibility index (Phi) is 8.57. The lowest BCUT2D eigenvalue weighted by atomic mass is 10.1. The zero-order chi connectivity index (χ0) is 24.7. The highest BCUT2D eigenvalue weighted by atomic mass is 16.2. The van der Waals surface area contributed by atoms with Crippen molar-refractivity contribution >= 4 is 23.6 Å². The summed E-state index contributed by atoms with van der Waals surface area (Å²) in [6, 6.07) is 14.0. The zero-order valence-electron chi connectivity index (χ0n) is 20.2. The third-order valence-electron chi connectivity index (χ3n) is 6.02. The maximum atomic E-state index is 13.3. The van der Waals surface area contributed by atoms with E-state index in [-0.39, 0.29) is 36.6 Å². The minimum atomic E-state index is -0.584. The Balaban J connectivity index is 1.70. The highest BCUT2D eigenvalue weighted by Crippen LogP contribution is 2.23. The first-order valence-corrected chi connectivity index (χ1v) is 11.9. The first kappa shape index (κ1) is 25.1. The second-order valence-electron chi connectivity index (χ2n) is 8.64. The van der Waals surface area contributed by atoms with E-state index >= 15 is 0 Å². The third-order valence-corrected chi connectivity index (χ3v) is 6.02. The van der Waals surface area contributed by atoms with Gasteiger partial charge in [-0.2, -0.15) is 0 Å². The minimum absolute atomic E-state index is 0.136. The van der Waals surface area contributed by atoms with Gasteiger partial charge in [-0.05, 0) is 43.9 Å². The SMILES string of the molecule is CCCNC(=O)[C@H](CC)N(Cc1cccc(C)c1)C(=O)CCCN1C(=O)c2ccccc2C1=O. The Morgan fingerprint density at radius 2 is 1.68 bits per heavy atom. The fourth-order valence-corrected chi connectivity index (χ4v) is 4.27. The molecule has 4 amide bonds. The molecule has 1 heterocycles. The van der Waals surface area contributed by atoms with Crippen molar-refractivity contribution in [1.82, 2.24) is 15.1 Å². The molecule has 1 aliphatic heterocycles. The van der Waals surface area contributed by atoms with Crippen molar-refractivity contribution in [2.45, 2.75) is 59.0 Å². The molecule has 7 nitrogen and oxygen atoms in total. The Hall–Kier alpha value is -3.48. The van der Waals surface area contributed by atoms with Gasteiger partial charge in [-0.25, -0.2) is 0 Å². The molecule has 0 radical (unpaired) electrons. The Morgan fingerprint density at radius 1 is 1.00 bits per heavy atom. The second-order valence-corrected chi connectivity index (χ2v) is 8.64. The van der Waals surface area contributed by atoms with E-state index in [1.54, 1.807) is 29.2 Å². The first-order valence-electron chi connectivity index (χ1n) is 11.9. The van der Waals surface area contributed by atoms with Crippen LogP contribution < -0.4 is 5.32 Å². The lowest BCUT2D eigenvalue weighted by Crippen LogP contribution is -2.49. The number of fused-ring (bicyclic) bond motifs is 1. The smallest absolute Gasteiger partial charge is 0.261 e. The highest BCUT2D eigenvalue weighted by molar-refractivity contribution is 6.21. The van der Waals surface area contributed by atoms with Gasteiger partial charge >= 0.3 is 0 Å². The molecule has 0 bridgehead atoms. The Morgan fingerprint density at radius 3 is 2.26 bits per heavy atom. The molecule has 0 fully saturated rings. The average molecular weight is 464 g/mol. The summed E-state index contributed by atoms with van der Waals surface area (Å²) in [5, 5.41) is 2.91. The molecule has 0 aliphatic carbocycles. The summed E-state index contributed by atoms with van der Waals surface area (Å²) in [4.78, 5) is 54.2. The molecule has 0 saturated heterocycles. The van der Waals surface area contributed by atoms with Crippen LogP contribution in [0, 0.1) is 6.92 Å². The van der Waals surface area contributed by atoms with Gasteiger partial charge in [-0.3, -0.25) is 24.1 Å². The molecule has 1 atom stereocenters. The summed E-state index contributed by atoms with van der Waals surface area (Å²) >= 11 is 0. The van der Waals surface area contributed by atoms with Gasteiger partial charge in [0.15, 0.2) is 0 Å². The maximum Gasteiger partial charge on any atom is 0.261 e. The van der Waals surface area contributed by atoms with Crippen LogP contribution in [0.4, 0.5) is 0 Å². The predicted octanol–water partition coefficient (Wildman–Crippen LogP) is 3.70. The van der Waals surface area contributed by atoms with Gasteiger partial charge in [0.25, 0.3) is 11.8 Å². The lowest BCUT2D eigenvalue weighted by molar-refractivity contribution is -0.141. The van der Waals surface area contributed by atoms with Crippen LogP contribution in [0.1, 0.15) is 71.4 Å². The summed E-state index contributed by atoms with van der Waals surface area (Å²) in [5.41, 5.74) is 2.84. The number of carbonyl (C=O) groups excluding carboxylic acids is 4. The van der Waals surface area contributed by atoms with Gasteiger partial charge in [0, 0.05) is 26.1 Å². The molecule has 0 saturated carbocycles. The van der Waals surface area contributed by atoms with Gasteiger partial charge in [0.05, 0.1) is 11.1 Å². The van der Waals surface area contributed by atoms with E-state index in [9.17, 15) is 19.2 Å². The van der Waals surface area contributed by atoms with Crippen LogP contribution in [0.25, 0.3) is 0 Å². The van der Waals surface area contributed by atoms with Crippen LogP contribution in [0.15, 0.2) is 48.5 Å². The van der Waals surface area contributed by atoms with E-state index < -0.39 is 6.04 Å². The number of carbonyl (C=O) groups is 4. The van der Waals surface area contributed by atoms with E-state index in [2.05, 4.69) is 5.32 Å². The van der Waals surface area contributed by atoms with E-state index in [4.69, 9.17) is 0 Å². The molecule has 3 rings (SSSR count). The maximum absolute atomic E-state index is 13.3. The van der Waals surface area contributed by atoms with Gasteiger partial charge in [-0.1, -0.05) is 55.8 Å². The average Bonchev–Trinajstić information content (AvgIpc) is 3.07. The fraction of sp³-hybridized carbons (Fsp3) is 0.407. The third kappa shape index (κ3) is 5.71. The molecular formula is C27H33N3O4. The number of imide groups is 1. The Labute approximate surface area is 201 Å². The van der Waals surface area contributed by atoms with Gasteiger partial charge in [0.1, 0.15) is 6.04 Å². The van der Waals surface area contributed by atoms with Gasteiger partial charge < -0.3 is 10.2 Å². The summed E-state index contributed by atoms with van der Waals surface area (Å²) in [5.74, 6) is -0.979. The number of nitrogens with one attached hydrogen (secondary N) is 1. The topological polar surface area (TPSA) is 86.8 Å². The number of hydrogen-bond acceptors (Lipinski definition) is 4. The van der Waals surface area contributed by atoms with Crippen molar-refractivity contribution in [3.05, 3.63) is 70.8 Å². The molecular weight excluding hydrogens is 430 g/mol. The fourth-order valence-electron chi connectivity index (χ4n) is 4.27. The van der Waals surface area contributed by atoms with Gasteiger partial charge in [-0.15, -0.1) is 0 Å². The van der Waals surface area contributed by atoms with E-state index in [0.717, 1.165) is 17.5 Å². The molecule has 2 aromatic carbocycles. The quantitative estimate of drug-likeness (QED) is 0.515. The largest absolute Gasteiger partial charge is 0.354 e. The van der Waals surface area contributed by atoms with Crippen LogP contribution in [0.2, 0.25) is 0 Å². The number of benzene rings is 2. The Bertz CT molecular complexity index is 1030. The molecule has 7 heteroatoms. The normalized spacial score (nSPS) is 13.6. The molecule has 1 N–H and O–H groups in total. The van der Waals surface area contributed by atoms with E-state index in [1.165, 1.54) is 4.90 Å². The van der Waals surface area contributed by atoms with Crippen LogP contribution in [-0.2, 0) is 16.1 Å². The summed E-state index contributed by atoms with van der Waals surface area (Å²) in [6.07, 6.45) is 1.78. The second kappa shape index (κ2) is 11.6. The molecule has 0 unspecified atom stereocenters. The molecule has 0 aromatic heterocycles. The molecule has 34 heavy (non-hydrogen) atoms. The number of aryl methyl sites for hydroxylation is 1. The first-order chi connectivity index (χ1) is 16.4.